The lowest BCUT2D eigenvalue weighted by Gasteiger charge is -1.71. The van der Waals surface area contributed by atoms with Crippen molar-refractivity contribution in [2.45, 2.75) is 6.92 Å². The van der Waals surface area contributed by atoms with Crippen LogP contribution < -0.4 is 0 Å². The molecule has 0 heterocycles. The number of rotatable bonds is 1. The Morgan fingerprint density at radius 3 is 1.71 bits per heavy atom. The molecule has 0 fully saturated rings. The van der Waals surface area contributed by atoms with Gasteiger partial charge in [-0.15, -0.1) is 0 Å². The topological polar surface area (TPSA) is 0 Å². The van der Waals surface area contributed by atoms with Gasteiger partial charge in [0.2, 0.25) is 0 Å². The summed E-state index contributed by atoms with van der Waals surface area (Å²) in [6.07, 6.45) is 1.72. The predicted molar refractivity (Wildman–Crippen MR) is 38.8 cm³/mol. The number of allylic oxidation sites excluding steroid dienone is 2. The fourth-order valence-electron chi connectivity index (χ4n) is 0. The van der Waals surface area contributed by atoms with E-state index in [1.54, 1.807) is 6.08 Å². The van der Waals surface area contributed by atoms with Crippen LogP contribution in [0.5, 0.6) is 0 Å². The van der Waals surface area contributed by atoms with Crippen molar-refractivity contribution in [1.29, 1.82) is 0 Å². The van der Waals surface area contributed by atoms with E-state index in [0.717, 1.165) is 5.57 Å². The van der Waals surface area contributed by atoms with Crippen LogP contribution in [0.2, 0.25) is 0 Å². The Kier molecular flexibility index (Phi) is 20.9. The van der Waals surface area contributed by atoms with E-state index < -0.39 is 0 Å². The van der Waals surface area contributed by atoms with Gasteiger partial charge in [0.1, 0.15) is 0 Å². The number of halogens is 1. The molecule has 0 saturated carbocycles. The summed E-state index contributed by atoms with van der Waals surface area (Å²) in [6.45, 7) is 8.93. The van der Waals surface area contributed by atoms with Crippen molar-refractivity contribution in [3.63, 3.8) is 0 Å². The van der Waals surface area contributed by atoms with Crippen molar-refractivity contribution >= 4 is 11.0 Å². The molecular weight excluding hydrogens is 107 g/mol. The van der Waals surface area contributed by atoms with Gasteiger partial charge >= 0.3 is 0 Å². The molecule has 0 aromatic carbocycles. The SMILES string of the molecule is C=CC(=C)C.F.[SiH4]. The Balaban J connectivity index is -0.0000000800. The molecule has 0 nitrogen and oxygen atoms in total. The summed E-state index contributed by atoms with van der Waals surface area (Å²) in [5, 5.41) is 0. The van der Waals surface area contributed by atoms with E-state index in [9.17, 15) is 0 Å². The summed E-state index contributed by atoms with van der Waals surface area (Å²) in [6, 6.07) is 0. The summed E-state index contributed by atoms with van der Waals surface area (Å²) < 4.78 is 0. The lowest BCUT2D eigenvalue weighted by atomic mass is 10.4. The van der Waals surface area contributed by atoms with Gasteiger partial charge in [-0.25, -0.2) is 0 Å². The van der Waals surface area contributed by atoms with Crippen molar-refractivity contribution < 1.29 is 4.70 Å². The van der Waals surface area contributed by atoms with Gasteiger partial charge in [0.05, 0.1) is 0 Å². The lowest BCUT2D eigenvalue weighted by Crippen LogP contribution is -1.50. The zero-order valence-corrected chi connectivity index (χ0v) is 3.90. The third kappa shape index (κ3) is 28.0. The lowest BCUT2D eigenvalue weighted by molar-refractivity contribution is 1.11. The third-order valence-corrected chi connectivity index (χ3v) is 0.348. The molecule has 0 amide bonds. The quantitative estimate of drug-likeness (QED) is 0.348. The van der Waals surface area contributed by atoms with Crippen LogP contribution in [0.1, 0.15) is 6.92 Å². The summed E-state index contributed by atoms with van der Waals surface area (Å²) in [4.78, 5) is 0. The van der Waals surface area contributed by atoms with Crippen molar-refractivity contribution in [2.75, 3.05) is 0 Å². The second-order valence-corrected chi connectivity index (χ2v) is 1.05. The molecule has 0 rings (SSSR count). The molecule has 0 aliphatic heterocycles. The Labute approximate surface area is 48.3 Å². The molecule has 7 heavy (non-hydrogen) atoms. The zero-order chi connectivity index (χ0) is 4.28. The van der Waals surface area contributed by atoms with Crippen LogP contribution in [0.25, 0.3) is 0 Å². The van der Waals surface area contributed by atoms with Gasteiger partial charge in [-0.2, -0.15) is 0 Å². The summed E-state index contributed by atoms with van der Waals surface area (Å²) in [7, 11) is 0. The highest BCUT2D eigenvalue weighted by Crippen LogP contribution is 1.81. The first-order valence-corrected chi connectivity index (χ1v) is 1.55. The van der Waals surface area contributed by atoms with Crippen LogP contribution in [0.3, 0.4) is 0 Å². The fourth-order valence-corrected chi connectivity index (χ4v) is 0. The van der Waals surface area contributed by atoms with Crippen LogP contribution >= 0.6 is 0 Å². The van der Waals surface area contributed by atoms with Crippen LogP contribution in [0.15, 0.2) is 24.8 Å². The van der Waals surface area contributed by atoms with Gasteiger partial charge in [-0.05, 0) is 17.9 Å². The standard InChI is InChI=1S/C5H8.FH.H4Si/c1-4-5(2)3;;/h4H,1-2H2,3H3;1H;1H4. The van der Waals surface area contributed by atoms with E-state index in [1.807, 2.05) is 6.92 Å². The maximum atomic E-state index is 3.56. The van der Waals surface area contributed by atoms with Crippen molar-refractivity contribution in [3.8, 4) is 0 Å². The van der Waals surface area contributed by atoms with Gasteiger partial charge in [0.25, 0.3) is 0 Å². The molecule has 0 unspecified atom stereocenters. The first kappa shape index (κ1) is 16.0. The molecule has 0 aromatic rings. The molecule has 0 aromatic heterocycles. The van der Waals surface area contributed by atoms with Crippen LogP contribution in [-0.4, -0.2) is 11.0 Å². The molecule has 0 aliphatic rings. The maximum absolute atomic E-state index is 3.56. The van der Waals surface area contributed by atoms with E-state index in [4.69, 9.17) is 0 Å². The minimum atomic E-state index is 0. The zero-order valence-electron chi connectivity index (χ0n) is 3.90. The Bertz CT molecular complexity index is 59.1. The smallest absolute Gasteiger partial charge is 0.0149 e. The fraction of sp³-hybridized carbons (Fsp3) is 0.200. The molecule has 2 heteroatoms. The van der Waals surface area contributed by atoms with E-state index in [2.05, 4.69) is 13.2 Å². The largest absolute Gasteiger partial charge is 0.269 e. The molecule has 0 aliphatic carbocycles. The summed E-state index contributed by atoms with van der Waals surface area (Å²) in [5.74, 6) is 0. The van der Waals surface area contributed by atoms with Crippen LogP contribution in [-0.2, 0) is 0 Å². The van der Waals surface area contributed by atoms with E-state index in [1.165, 1.54) is 0 Å². The minimum Gasteiger partial charge on any atom is -0.269 e. The molecule has 44 valence electrons. The second-order valence-electron chi connectivity index (χ2n) is 1.05. The Morgan fingerprint density at radius 2 is 1.71 bits per heavy atom. The molecule has 0 spiro atoms. The normalized spacial score (nSPS) is 4.71. The highest BCUT2D eigenvalue weighted by atomic mass is 28.1. The van der Waals surface area contributed by atoms with Crippen molar-refractivity contribution in [1.82, 2.24) is 0 Å². The number of hydrogen-bond acceptors (Lipinski definition) is 0. The van der Waals surface area contributed by atoms with Gasteiger partial charge in [0, 0.05) is 0 Å². The first-order chi connectivity index (χ1) is 2.27. The van der Waals surface area contributed by atoms with E-state index in [0.29, 0.717) is 0 Å². The van der Waals surface area contributed by atoms with E-state index in [-0.39, 0.29) is 15.7 Å². The average Bonchev–Trinajstić information content (AvgIpc) is 1.38. The van der Waals surface area contributed by atoms with Gasteiger partial charge in [-0.3, -0.25) is 4.70 Å². The average molecular weight is 120 g/mol. The number of hydrogen-bond donors (Lipinski definition) is 0. The van der Waals surface area contributed by atoms with Crippen LogP contribution in [0.4, 0.5) is 4.70 Å². The minimum absolute atomic E-state index is 0. The third-order valence-electron chi connectivity index (χ3n) is 0.348. The molecule has 0 N–H and O–H groups in total. The summed E-state index contributed by atoms with van der Waals surface area (Å²) >= 11 is 0. The molecule has 0 bridgehead atoms. The Hall–Kier alpha value is -0.373. The van der Waals surface area contributed by atoms with E-state index >= 15 is 0 Å². The Morgan fingerprint density at radius 1 is 1.57 bits per heavy atom. The van der Waals surface area contributed by atoms with Crippen molar-refractivity contribution in [3.05, 3.63) is 24.8 Å². The molecule has 0 radical (unpaired) electrons. The monoisotopic (exact) mass is 120 g/mol. The molecule has 0 atom stereocenters. The maximum Gasteiger partial charge on any atom is -0.0149 e. The van der Waals surface area contributed by atoms with Gasteiger partial charge in [-0.1, -0.05) is 24.8 Å². The predicted octanol–water partition coefficient (Wildman–Crippen LogP) is 0.449. The van der Waals surface area contributed by atoms with Gasteiger partial charge in [0.15, 0.2) is 0 Å². The highest BCUT2D eigenvalue weighted by Gasteiger charge is 1.59. The van der Waals surface area contributed by atoms with Crippen molar-refractivity contribution in [2.24, 2.45) is 0 Å². The van der Waals surface area contributed by atoms with Gasteiger partial charge < -0.3 is 0 Å². The highest BCUT2D eigenvalue weighted by molar-refractivity contribution is 5.75. The molecule has 0 saturated heterocycles. The van der Waals surface area contributed by atoms with Crippen LogP contribution in [0, 0.1) is 0 Å². The summed E-state index contributed by atoms with van der Waals surface area (Å²) in [5.41, 5.74) is 1.02. The first-order valence-electron chi connectivity index (χ1n) is 1.55. The second kappa shape index (κ2) is 9.16. The molecular formula is C5H13FSi.